The molecule has 2 N–H and O–H groups in total. The minimum Gasteiger partial charge on any atom is -0.497 e. The van der Waals surface area contributed by atoms with E-state index in [-0.39, 0.29) is 12.2 Å². The van der Waals surface area contributed by atoms with Gasteiger partial charge in [-0.2, -0.15) is 0 Å². The topological polar surface area (TPSA) is 94.2 Å². The summed E-state index contributed by atoms with van der Waals surface area (Å²) in [5.74, 6) is 1.45. The normalized spacial score (nSPS) is 11.1. The molecule has 0 amide bonds. The number of aliphatic hydroxyl groups is 1. The minimum absolute atomic E-state index is 0.120. The average molecular weight is 516 g/mol. The van der Waals surface area contributed by atoms with Gasteiger partial charge >= 0.3 is 0 Å². The number of hydrogen-bond acceptors (Lipinski definition) is 6. The molecule has 5 rings (SSSR count). The highest BCUT2D eigenvalue weighted by Gasteiger charge is 2.16. The number of hydrogen-bond donors (Lipinski definition) is 2. The van der Waals surface area contributed by atoms with Crippen LogP contribution in [0.25, 0.3) is 21.9 Å². The average Bonchev–Trinajstić information content (AvgIpc) is 3.37. The maximum absolute atomic E-state index is 13.8. The first-order chi connectivity index (χ1) is 18.0. The molecular formula is C28H26ClN5O3. The summed E-state index contributed by atoms with van der Waals surface area (Å²) in [5, 5.41) is 14.4. The van der Waals surface area contributed by atoms with Crippen LogP contribution < -0.4 is 15.6 Å². The van der Waals surface area contributed by atoms with Crippen LogP contribution in [0.5, 0.6) is 5.75 Å². The smallest absolute Gasteiger partial charge is 0.258 e. The van der Waals surface area contributed by atoms with Crippen LogP contribution in [-0.2, 0) is 19.7 Å². The van der Waals surface area contributed by atoms with E-state index in [2.05, 4.69) is 15.3 Å². The summed E-state index contributed by atoms with van der Waals surface area (Å²) >= 11 is 6.52. The Bertz CT molecular complexity index is 1640. The van der Waals surface area contributed by atoms with Gasteiger partial charge in [-0.1, -0.05) is 23.7 Å². The molecule has 0 spiro atoms. The number of nitrogens with zero attached hydrogens (tertiary/aromatic N) is 4. The lowest BCUT2D eigenvalue weighted by Crippen LogP contribution is -2.20. The number of anilines is 1. The molecule has 9 heteroatoms. The predicted molar refractivity (Wildman–Crippen MR) is 145 cm³/mol. The molecule has 8 nitrogen and oxygen atoms in total. The van der Waals surface area contributed by atoms with Gasteiger partial charge in [0.05, 0.1) is 26.8 Å². The lowest BCUT2D eigenvalue weighted by Gasteiger charge is -2.15. The van der Waals surface area contributed by atoms with Crippen molar-refractivity contribution in [3.63, 3.8) is 0 Å². The summed E-state index contributed by atoms with van der Waals surface area (Å²) in [5.41, 5.74) is 3.80. The summed E-state index contributed by atoms with van der Waals surface area (Å²) in [6.45, 7) is 0.732. The van der Waals surface area contributed by atoms with E-state index in [1.165, 1.54) is 0 Å². The lowest BCUT2D eigenvalue weighted by atomic mass is 9.96. The summed E-state index contributed by atoms with van der Waals surface area (Å²) in [6, 6.07) is 15.3. The van der Waals surface area contributed by atoms with Gasteiger partial charge in [0, 0.05) is 42.8 Å². The monoisotopic (exact) mass is 515 g/mol. The SMILES string of the molecule is CNc1nccn1Cc1cc(-c2cc(CO)cnc2Cl)c2ccn(Cc3cccc(OC)c3)c(=O)c2c1. The Morgan fingerprint density at radius 1 is 0.946 bits per heavy atom. The van der Waals surface area contributed by atoms with E-state index in [0.717, 1.165) is 27.8 Å². The predicted octanol–water partition coefficient (Wildman–Crippen LogP) is 4.55. The van der Waals surface area contributed by atoms with Crippen molar-refractivity contribution in [2.24, 2.45) is 0 Å². The van der Waals surface area contributed by atoms with Crippen LogP contribution in [0.2, 0.25) is 5.15 Å². The largest absolute Gasteiger partial charge is 0.497 e. The first-order valence-corrected chi connectivity index (χ1v) is 12.1. The van der Waals surface area contributed by atoms with E-state index in [1.54, 1.807) is 30.3 Å². The third kappa shape index (κ3) is 4.94. The number of ether oxygens (including phenoxy) is 1. The number of imidazole rings is 1. The highest BCUT2D eigenvalue weighted by molar-refractivity contribution is 6.32. The van der Waals surface area contributed by atoms with Gasteiger partial charge in [-0.25, -0.2) is 9.97 Å². The standard InChI is InChI=1S/C28H26ClN5O3/c1-30-28-31-7-9-34(28)16-19-11-23(24-13-20(17-35)14-32-26(24)29)22-6-8-33(27(36)25(22)12-19)15-18-4-3-5-21(10-18)37-2/h3-14,35H,15-17H2,1-2H3,(H,30,31). The molecule has 0 radical (unpaired) electrons. The molecule has 2 aromatic carbocycles. The molecule has 5 aromatic rings. The Balaban J connectivity index is 1.69. The maximum Gasteiger partial charge on any atom is 0.258 e. The highest BCUT2D eigenvalue weighted by Crippen LogP contribution is 2.34. The Hall–Kier alpha value is -4.14. The first kappa shape index (κ1) is 24.5. The molecule has 0 saturated carbocycles. The third-order valence-corrected chi connectivity index (χ3v) is 6.60. The number of aliphatic hydroxyl groups excluding tert-OH is 1. The Kier molecular flexibility index (Phi) is 6.94. The van der Waals surface area contributed by atoms with Gasteiger partial charge in [0.1, 0.15) is 10.9 Å². The van der Waals surface area contributed by atoms with Gasteiger partial charge < -0.3 is 24.3 Å². The van der Waals surface area contributed by atoms with Crippen LogP contribution >= 0.6 is 11.6 Å². The molecule has 0 unspecified atom stereocenters. The minimum atomic E-state index is -0.164. The second-order valence-electron chi connectivity index (χ2n) is 8.67. The van der Waals surface area contributed by atoms with Crippen LogP contribution in [0.1, 0.15) is 16.7 Å². The molecular weight excluding hydrogens is 490 g/mol. The van der Waals surface area contributed by atoms with Gasteiger partial charge in [0.2, 0.25) is 5.95 Å². The second kappa shape index (κ2) is 10.5. The van der Waals surface area contributed by atoms with E-state index in [0.29, 0.717) is 40.7 Å². The van der Waals surface area contributed by atoms with Crippen molar-refractivity contribution >= 4 is 28.3 Å². The van der Waals surface area contributed by atoms with Gasteiger partial charge in [0.25, 0.3) is 5.56 Å². The van der Waals surface area contributed by atoms with Crippen molar-refractivity contribution in [2.45, 2.75) is 19.7 Å². The Morgan fingerprint density at radius 3 is 2.54 bits per heavy atom. The van der Waals surface area contributed by atoms with Crippen molar-refractivity contribution in [1.29, 1.82) is 0 Å². The maximum atomic E-state index is 13.8. The zero-order valence-electron chi connectivity index (χ0n) is 20.5. The Labute approximate surface area is 218 Å². The van der Waals surface area contributed by atoms with E-state index in [4.69, 9.17) is 16.3 Å². The molecule has 188 valence electrons. The molecule has 3 heterocycles. The van der Waals surface area contributed by atoms with Crippen LogP contribution in [0, 0.1) is 0 Å². The van der Waals surface area contributed by atoms with Crippen LogP contribution in [0.15, 0.2) is 78.1 Å². The Morgan fingerprint density at radius 2 is 1.76 bits per heavy atom. The molecule has 0 saturated heterocycles. The number of halogens is 1. The zero-order valence-corrected chi connectivity index (χ0v) is 21.2. The van der Waals surface area contributed by atoms with Crippen molar-refractivity contribution in [2.75, 3.05) is 19.5 Å². The summed E-state index contributed by atoms with van der Waals surface area (Å²) in [7, 11) is 3.43. The number of pyridine rings is 2. The quantitative estimate of drug-likeness (QED) is 0.294. The summed E-state index contributed by atoms with van der Waals surface area (Å²) in [6.07, 6.45) is 6.94. The van der Waals surface area contributed by atoms with Crippen LogP contribution in [0.4, 0.5) is 5.95 Å². The van der Waals surface area contributed by atoms with Crippen molar-refractivity contribution < 1.29 is 9.84 Å². The number of aromatic nitrogens is 4. The van der Waals surface area contributed by atoms with Crippen molar-refractivity contribution in [3.05, 3.63) is 106 Å². The van der Waals surface area contributed by atoms with Crippen molar-refractivity contribution in [3.8, 4) is 16.9 Å². The number of benzene rings is 2. The lowest BCUT2D eigenvalue weighted by molar-refractivity contribution is 0.281. The third-order valence-electron chi connectivity index (χ3n) is 6.30. The summed E-state index contributed by atoms with van der Waals surface area (Å²) in [4.78, 5) is 22.4. The second-order valence-corrected chi connectivity index (χ2v) is 9.03. The molecule has 37 heavy (non-hydrogen) atoms. The highest BCUT2D eigenvalue weighted by atomic mass is 35.5. The van der Waals surface area contributed by atoms with Gasteiger partial charge in [0.15, 0.2) is 0 Å². The number of rotatable bonds is 8. The number of methoxy groups -OCH3 is 1. The zero-order chi connectivity index (χ0) is 25.9. The van der Waals surface area contributed by atoms with Gasteiger partial charge in [-0.15, -0.1) is 0 Å². The molecule has 0 atom stereocenters. The van der Waals surface area contributed by atoms with E-state index >= 15 is 0 Å². The van der Waals surface area contributed by atoms with Gasteiger partial charge in [-0.3, -0.25) is 4.79 Å². The van der Waals surface area contributed by atoms with E-state index in [1.807, 2.05) is 66.3 Å². The van der Waals surface area contributed by atoms with Crippen LogP contribution in [0.3, 0.4) is 0 Å². The fourth-order valence-corrected chi connectivity index (χ4v) is 4.70. The van der Waals surface area contributed by atoms with Crippen LogP contribution in [-0.4, -0.2) is 38.4 Å². The van der Waals surface area contributed by atoms with Gasteiger partial charge in [-0.05, 0) is 64.0 Å². The summed E-state index contributed by atoms with van der Waals surface area (Å²) < 4.78 is 8.99. The van der Waals surface area contributed by atoms with E-state index in [9.17, 15) is 9.90 Å². The fourth-order valence-electron chi connectivity index (χ4n) is 4.49. The van der Waals surface area contributed by atoms with E-state index < -0.39 is 0 Å². The first-order valence-electron chi connectivity index (χ1n) is 11.7. The number of nitrogens with one attached hydrogen (secondary N) is 1. The molecule has 0 bridgehead atoms. The molecule has 0 aliphatic rings. The molecule has 0 aliphatic heterocycles. The molecule has 0 fully saturated rings. The molecule has 0 aliphatic carbocycles. The number of fused-ring (bicyclic) bond motifs is 1. The van der Waals surface area contributed by atoms with Crippen molar-refractivity contribution in [1.82, 2.24) is 19.1 Å². The fraction of sp³-hybridized carbons (Fsp3) is 0.179. The molecule has 3 aromatic heterocycles.